The fraction of sp³-hybridized carbons (Fsp3) is 0.200. The number of hydrogen-bond donors (Lipinski definition) is 1. The number of aromatic hydroxyl groups is 1. The third-order valence-corrected chi connectivity index (χ3v) is 3.47. The molecule has 1 atom stereocenters. The second kappa shape index (κ2) is 3.82. The molecule has 19 heavy (non-hydrogen) atoms. The number of carbonyl (C=O) groups is 2. The first-order valence-electron chi connectivity index (χ1n) is 5.97. The van der Waals surface area contributed by atoms with Crippen molar-refractivity contribution >= 4 is 11.6 Å². The van der Waals surface area contributed by atoms with E-state index in [4.69, 9.17) is 4.74 Å². The lowest BCUT2D eigenvalue weighted by molar-refractivity contribution is 0.0875. The van der Waals surface area contributed by atoms with Gasteiger partial charge in [-0.1, -0.05) is 12.6 Å². The Hall–Kier alpha value is -2.36. The molecule has 0 radical (unpaired) electrons. The van der Waals surface area contributed by atoms with Gasteiger partial charge in [0.15, 0.2) is 11.5 Å². The van der Waals surface area contributed by atoms with Crippen molar-refractivity contribution in [1.29, 1.82) is 0 Å². The van der Waals surface area contributed by atoms with Crippen LogP contribution in [-0.4, -0.2) is 22.8 Å². The molecule has 1 N–H and O–H groups in total. The predicted molar refractivity (Wildman–Crippen MR) is 68.1 cm³/mol. The van der Waals surface area contributed by atoms with Gasteiger partial charge in [0, 0.05) is 12.0 Å². The lowest BCUT2D eigenvalue weighted by Gasteiger charge is -2.16. The predicted octanol–water partition coefficient (Wildman–Crippen LogP) is 2.39. The molecule has 0 amide bonds. The normalized spacial score (nSPS) is 21.0. The molecule has 1 aliphatic heterocycles. The smallest absolute Gasteiger partial charge is 0.228 e. The maximum atomic E-state index is 12.4. The number of fused-ring (bicyclic) bond motifs is 1. The highest BCUT2D eigenvalue weighted by Gasteiger charge is 2.41. The van der Waals surface area contributed by atoms with E-state index < -0.39 is 0 Å². The lowest BCUT2D eigenvalue weighted by atomic mass is 9.86. The van der Waals surface area contributed by atoms with Crippen molar-refractivity contribution in [3.05, 3.63) is 52.8 Å². The summed E-state index contributed by atoms with van der Waals surface area (Å²) in [5.41, 5.74) is 1.39. The van der Waals surface area contributed by atoms with Crippen molar-refractivity contribution in [2.45, 2.75) is 19.4 Å². The number of carbonyl (C=O) groups excluding carboxylic acids is 2. The van der Waals surface area contributed by atoms with Crippen LogP contribution in [0.3, 0.4) is 0 Å². The third kappa shape index (κ3) is 1.53. The van der Waals surface area contributed by atoms with E-state index in [1.165, 1.54) is 18.2 Å². The van der Waals surface area contributed by atoms with Crippen molar-refractivity contribution in [3.63, 3.8) is 0 Å². The molecule has 96 valence electrons. The molecule has 3 rings (SSSR count). The minimum absolute atomic E-state index is 0.0808. The number of benzene rings is 1. The van der Waals surface area contributed by atoms with Crippen molar-refractivity contribution < 1.29 is 19.4 Å². The number of Topliss-reactive ketones (excluding diaryl/α,β-unsaturated/α-hetero) is 2. The summed E-state index contributed by atoms with van der Waals surface area (Å²) < 4.78 is 5.53. The minimum atomic E-state index is -0.343. The highest BCUT2D eigenvalue weighted by atomic mass is 16.5. The summed E-state index contributed by atoms with van der Waals surface area (Å²) in [7, 11) is 0. The van der Waals surface area contributed by atoms with Crippen LogP contribution in [0.2, 0.25) is 0 Å². The molecule has 0 spiro atoms. The Morgan fingerprint density at radius 3 is 2.79 bits per heavy atom. The first kappa shape index (κ1) is 11.7. The van der Waals surface area contributed by atoms with Crippen LogP contribution in [-0.2, 0) is 4.74 Å². The maximum absolute atomic E-state index is 12.4. The van der Waals surface area contributed by atoms with E-state index in [0.29, 0.717) is 12.0 Å². The first-order valence-corrected chi connectivity index (χ1v) is 5.97. The van der Waals surface area contributed by atoms with Crippen LogP contribution in [0, 0.1) is 0 Å². The van der Waals surface area contributed by atoms with E-state index in [9.17, 15) is 14.7 Å². The average molecular weight is 256 g/mol. The Balaban J connectivity index is 2.13. The van der Waals surface area contributed by atoms with E-state index in [0.717, 1.165) is 5.57 Å². The second-order valence-electron chi connectivity index (χ2n) is 4.82. The summed E-state index contributed by atoms with van der Waals surface area (Å²) in [5, 5.41) is 9.79. The Morgan fingerprint density at radius 2 is 2.11 bits per heavy atom. The molecule has 0 saturated heterocycles. The number of phenols is 1. The van der Waals surface area contributed by atoms with Gasteiger partial charge in [-0.25, -0.2) is 0 Å². The number of allylic oxidation sites excluding steroid dienone is 1. The first-order chi connectivity index (χ1) is 9.00. The Bertz CT molecular complexity index is 667. The second-order valence-corrected chi connectivity index (χ2v) is 4.82. The summed E-state index contributed by atoms with van der Waals surface area (Å²) in [5.74, 6) is -0.729. The van der Waals surface area contributed by atoms with Gasteiger partial charge in [-0.05, 0) is 24.6 Å². The van der Waals surface area contributed by atoms with E-state index in [-0.39, 0.29) is 40.3 Å². The van der Waals surface area contributed by atoms with Crippen LogP contribution < -0.4 is 0 Å². The summed E-state index contributed by atoms with van der Waals surface area (Å²) >= 11 is 0. The van der Waals surface area contributed by atoms with Crippen molar-refractivity contribution in [2.24, 2.45) is 0 Å². The fourth-order valence-electron chi connectivity index (χ4n) is 2.44. The minimum Gasteiger partial charge on any atom is -0.507 e. The van der Waals surface area contributed by atoms with Crippen LogP contribution >= 0.6 is 0 Å². The highest BCUT2D eigenvalue weighted by Crippen LogP contribution is 2.39. The molecule has 4 nitrogen and oxygen atoms in total. The summed E-state index contributed by atoms with van der Waals surface area (Å²) in [4.78, 5) is 24.6. The van der Waals surface area contributed by atoms with E-state index in [2.05, 4.69) is 6.58 Å². The maximum Gasteiger partial charge on any atom is 0.228 e. The topological polar surface area (TPSA) is 63.6 Å². The molecule has 0 bridgehead atoms. The van der Waals surface area contributed by atoms with Gasteiger partial charge >= 0.3 is 0 Å². The fourth-order valence-corrected chi connectivity index (χ4v) is 2.44. The third-order valence-electron chi connectivity index (χ3n) is 3.47. The van der Waals surface area contributed by atoms with E-state index in [1.807, 2.05) is 0 Å². The van der Waals surface area contributed by atoms with Gasteiger partial charge in [0.2, 0.25) is 5.78 Å². The van der Waals surface area contributed by atoms with E-state index >= 15 is 0 Å². The van der Waals surface area contributed by atoms with Crippen LogP contribution in [0.25, 0.3) is 0 Å². The van der Waals surface area contributed by atoms with Gasteiger partial charge in [-0.15, -0.1) is 0 Å². The molecular formula is C15H12O4. The van der Waals surface area contributed by atoms with Gasteiger partial charge in [0.05, 0.1) is 11.1 Å². The van der Waals surface area contributed by atoms with Gasteiger partial charge in [-0.3, -0.25) is 9.59 Å². The Morgan fingerprint density at radius 1 is 1.37 bits per heavy atom. The van der Waals surface area contributed by atoms with Gasteiger partial charge < -0.3 is 9.84 Å². The van der Waals surface area contributed by atoms with Crippen molar-refractivity contribution in [2.75, 3.05) is 0 Å². The highest BCUT2D eigenvalue weighted by molar-refractivity contribution is 6.27. The molecular weight excluding hydrogens is 244 g/mol. The largest absolute Gasteiger partial charge is 0.507 e. The molecule has 1 aromatic rings. The molecule has 0 unspecified atom stereocenters. The number of ether oxygens (including phenoxy) is 1. The zero-order valence-corrected chi connectivity index (χ0v) is 10.4. The zero-order chi connectivity index (χ0) is 13.7. The molecule has 2 aliphatic rings. The Kier molecular flexibility index (Phi) is 2.35. The van der Waals surface area contributed by atoms with Crippen LogP contribution in [0.5, 0.6) is 5.75 Å². The summed E-state index contributed by atoms with van der Waals surface area (Å²) in [6.45, 7) is 5.58. The van der Waals surface area contributed by atoms with Crippen molar-refractivity contribution in [1.82, 2.24) is 0 Å². The number of hydrogen-bond acceptors (Lipinski definition) is 4. The Labute approximate surface area is 110 Å². The standard InChI is InChI=1S/C15H12O4/c1-7(2)11-6-9-13(17)12-8(4-3-5-10(12)16)14(18)15(9)19-11/h3-5,11,16H,1,6H2,2H3/t11-/m0/s1. The number of phenolic OH excluding ortho intramolecular Hbond substituents is 1. The molecule has 0 saturated carbocycles. The monoisotopic (exact) mass is 256 g/mol. The molecule has 1 aromatic carbocycles. The molecule has 1 heterocycles. The quantitative estimate of drug-likeness (QED) is 0.783. The van der Waals surface area contributed by atoms with E-state index in [1.54, 1.807) is 6.92 Å². The van der Waals surface area contributed by atoms with Crippen LogP contribution in [0.4, 0.5) is 0 Å². The SMILES string of the molecule is C=C(C)[C@@H]1CC2=C(O1)C(=O)c1cccc(O)c1C2=O. The number of rotatable bonds is 1. The van der Waals surface area contributed by atoms with Crippen LogP contribution in [0.15, 0.2) is 41.7 Å². The number of ketones is 2. The van der Waals surface area contributed by atoms with Gasteiger partial charge in [0.1, 0.15) is 11.9 Å². The van der Waals surface area contributed by atoms with Crippen LogP contribution in [0.1, 0.15) is 34.1 Å². The van der Waals surface area contributed by atoms with Gasteiger partial charge in [-0.2, -0.15) is 0 Å². The molecule has 1 aliphatic carbocycles. The van der Waals surface area contributed by atoms with Crippen molar-refractivity contribution in [3.8, 4) is 5.75 Å². The summed E-state index contributed by atoms with van der Waals surface area (Å²) in [6, 6.07) is 4.47. The van der Waals surface area contributed by atoms with Gasteiger partial charge in [0.25, 0.3) is 0 Å². The zero-order valence-electron chi connectivity index (χ0n) is 10.4. The summed E-state index contributed by atoms with van der Waals surface area (Å²) in [6.07, 6.45) is -0.00224. The lowest BCUT2D eigenvalue weighted by Crippen LogP contribution is -2.20. The molecule has 0 fully saturated rings. The molecule has 4 heteroatoms. The average Bonchev–Trinajstić information content (AvgIpc) is 2.81. The molecule has 0 aromatic heterocycles.